The summed E-state index contributed by atoms with van der Waals surface area (Å²) in [6.45, 7) is 0.912. The van der Waals surface area contributed by atoms with Gasteiger partial charge in [0, 0.05) is 22.6 Å². The van der Waals surface area contributed by atoms with Crippen molar-refractivity contribution in [1.82, 2.24) is 5.43 Å². The lowest BCUT2D eigenvalue weighted by Crippen LogP contribution is -2.39. The van der Waals surface area contributed by atoms with E-state index in [1.165, 1.54) is 56.6 Å². The Labute approximate surface area is 227 Å². The highest BCUT2D eigenvalue weighted by molar-refractivity contribution is 9.10. The van der Waals surface area contributed by atoms with Gasteiger partial charge in [-0.2, -0.15) is 5.10 Å². The summed E-state index contributed by atoms with van der Waals surface area (Å²) in [4.78, 5) is 24.0. The monoisotopic (exact) mass is 602 g/mol. The Morgan fingerprint density at radius 1 is 1.08 bits per heavy atom. The predicted molar refractivity (Wildman–Crippen MR) is 144 cm³/mol. The van der Waals surface area contributed by atoms with Crippen molar-refractivity contribution in [3.8, 4) is 17.2 Å². The molecule has 0 atom stereocenters. The summed E-state index contributed by atoms with van der Waals surface area (Å²) in [6.07, 6.45) is 1.40. The average Bonchev–Trinajstić information content (AvgIpc) is 3.34. The molecule has 1 aliphatic heterocycles. The molecule has 11 nitrogen and oxygen atoms in total. The van der Waals surface area contributed by atoms with Crippen LogP contribution in [0.25, 0.3) is 0 Å². The quantitative estimate of drug-likeness (QED) is 0.282. The fourth-order valence-electron chi connectivity index (χ4n) is 3.48. The number of halogens is 1. The zero-order valence-corrected chi connectivity index (χ0v) is 22.7. The van der Waals surface area contributed by atoms with Crippen LogP contribution in [0.2, 0.25) is 0 Å². The molecule has 1 aliphatic rings. The van der Waals surface area contributed by atoms with E-state index in [2.05, 4.69) is 31.8 Å². The first-order valence-electron chi connectivity index (χ1n) is 11.1. The van der Waals surface area contributed by atoms with Crippen molar-refractivity contribution in [1.29, 1.82) is 0 Å². The van der Waals surface area contributed by atoms with Gasteiger partial charge in [0.05, 0.1) is 23.9 Å². The van der Waals surface area contributed by atoms with Gasteiger partial charge in [-0.3, -0.25) is 13.9 Å². The van der Waals surface area contributed by atoms with Crippen LogP contribution < -0.4 is 29.3 Å². The van der Waals surface area contributed by atoms with Crippen molar-refractivity contribution in [2.75, 3.05) is 30.1 Å². The number of hydrazone groups is 1. The molecule has 3 aromatic carbocycles. The number of nitrogens with zero attached hydrogens (tertiary/aromatic N) is 2. The maximum atomic E-state index is 13.6. The number of anilines is 2. The van der Waals surface area contributed by atoms with Crippen LogP contribution in [-0.2, 0) is 19.6 Å². The molecule has 4 rings (SSSR count). The first kappa shape index (κ1) is 26.9. The molecule has 198 valence electrons. The van der Waals surface area contributed by atoms with E-state index < -0.39 is 22.5 Å². The van der Waals surface area contributed by atoms with Crippen LogP contribution in [-0.4, -0.2) is 46.9 Å². The number of methoxy groups -OCH3 is 1. The van der Waals surface area contributed by atoms with Gasteiger partial charge in [0.1, 0.15) is 12.3 Å². The van der Waals surface area contributed by atoms with Crippen LogP contribution >= 0.6 is 15.9 Å². The van der Waals surface area contributed by atoms with E-state index in [9.17, 15) is 18.0 Å². The van der Waals surface area contributed by atoms with Gasteiger partial charge in [-0.05, 0) is 76.6 Å². The van der Waals surface area contributed by atoms with E-state index >= 15 is 0 Å². The zero-order chi connectivity index (χ0) is 27.3. The van der Waals surface area contributed by atoms with Crippen LogP contribution in [0.5, 0.6) is 17.2 Å². The summed E-state index contributed by atoms with van der Waals surface area (Å²) in [5.74, 6) is 0.692. The van der Waals surface area contributed by atoms with Gasteiger partial charge < -0.3 is 19.5 Å². The minimum absolute atomic E-state index is 0.0667. The molecule has 0 aliphatic carbocycles. The molecule has 38 heavy (non-hydrogen) atoms. The maximum Gasteiger partial charge on any atom is 0.264 e. The van der Waals surface area contributed by atoms with Gasteiger partial charge in [-0.25, -0.2) is 13.8 Å². The third-order valence-electron chi connectivity index (χ3n) is 5.30. The predicted octanol–water partition coefficient (Wildman–Crippen LogP) is 3.49. The molecular weight excluding hydrogens is 580 g/mol. The minimum Gasteiger partial charge on any atom is -0.497 e. The number of fused-ring (bicyclic) bond motifs is 1. The minimum atomic E-state index is -4.18. The summed E-state index contributed by atoms with van der Waals surface area (Å²) in [5.41, 5.74) is 3.67. The number of ether oxygens (including phenoxy) is 3. The van der Waals surface area contributed by atoms with Crippen molar-refractivity contribution in [2.45, 2.75) is 11.8 Å². The maximum absolute atomic E-state index is 13.6. The van der Waals surface area contributed by atoms with Gasteiger partial charge in [-0.15, -0.1) is 0 Å². The Hall–Kier alpha value is -4.10. The molecule has 0 spiro atoms. The molecule has 0 unspecified atom stereocenters. The van der Waals surface area contributed by atoms with E-state index in [0.29, 0.717) is 33.0 Å². The molecule has 0 radical (unpaired) electrons. The van der Waals surface area contributed by atoms with Crippen LogP contribution in [0.15, 0.2) is 75.1 Å². The molecule has 2 N–H and O–H groups in total. The van der Waals surface area contributed by atoms with Gasteiger partial charge >= 0.3 is 0 Å². The fourth-order valence-corrected chi connectivity index (χ4v) is 5.32. The first-order chi connectivity index (χ1) is 18.2. The highest BCUT2D eigenvalue weighted by atomic mass is 79.9. The third kappa shape index (κ3) is 6.23. The van der Waals surface area contributed by atoms with E-state index in [-0.39, 0.29) is 23.3 Å². The van der Waals surface area contributed by atoms with Crippen LogP contribution in [0, 0.1) is 0 Å². The molecular formula is C25H23BrN4O7S. The number of carbonyl (C=O) groups excluding carboxylic acids is 2. The molecule has 0 saturated carbocycles. The second-order valence-corrected chi connectivity index (χ2v) is 10.7. The molecule has 2 amide bonds. The molecule has 0 bridgehead atoms. The van der Waals surface area contributed by atoms with Crippen molar-refractivity contribution < 1.29 is 32.2 Å². The highest BCUT2D eigenvalue weighted by Crippen LogP contribution is 2.36. The molecule has 0 fully saturated rings. The fraction of sp³-hybridized carbons (Fsp3) is 0.160. The van der Waals surface area contributed by atoms with Crippen molar-refractivity contribution in [2.24, 2.45) is 5.10 Å². The second-order valence-electron chi connectivity index (χ2n) is 7.94. The van der Waals surface area contributed by atoms with Crippen LogP contribution in [0.4, 0.5) is 11.4 Å². The number of benzene rings is 3. The summed E-state index contributed by atoms with van der Waals surface area (Å²) in [7, 11) is -2.69. The van der Waals surface area contributed by atoms with E-state index in [0.717, 1.165) is 4.31 Å². The largest absolute Gasteiger partial charge is 0.497 e. The smallest absolute Gasteiger partial charge is 0.264 e. The normalized spacial score (nSPS) is 12.3. The summed E-state index contributed by atoms with van der Waals surface area (Å²) in [6, 6.07) is 15.3. The lowest BCUT2D eigenvalue weighted by molar-refractivity contribution is -0.119. The highest BCUT2D eigenvalue weighted by Gasteiger charge is 2.27. The van der Waals surface area contributed by atoms with Gasteiger partial charge in [0.15, 0.2) is 11.5 Å². The Kier molecular flexibility index (Phi) is 8.17. The number of nitrogens with one attached hydrogen (secondary N) is 2. The van der Waals surface area contributed by atoms with Gasteiger partial charge in [0.2, 0.25) is 12.7 Å². The van der Waals surface area contributed by atoms with Gasteiger partial charge in [-0.1, -0.05) is 0 Å². The van der Waals surface area contributed by atoms with Crippen molar-refractivity contribution in [3.05, 3.63) is 70.7 Å². The lowest BCUT2D eigenvalue weighted by Gasteiger charge is -2.24. The Morgan fingerprint density at radius 2 is 1.74 bits per heavy atom. The standard InChI is InChI=1S/C25H23BrN4O7S/c1-16(31)28-18-3-9-21(10-4-18)38(33,34)30(19-5-7-20(35-2)8-6-19)14-25(32)29-27-13-17-11-23-24(12-22(17)26)37-15-36-23/h3-13H,14-15H2,1-2H3,(H,28,31)(H,29,32)/b27-13-. The second kappa shape index (κ2) is 11.5. The molecule has 0 aromatic heterocycles. The van der Waals surface area contributed by atoms with E-state index in [1.54, 1.807) is 24.3 Å². The number of rotatable bonds is 9. The van der Waals surface area contributed by atoms with Crippen molar-refractivity contribution in [3.63, 3.8) is 0 Å². The topological polar surface area (TPSA) is 136 Å². The number of sulfonamides is 1. The molecule has 13 heteroatoms. The molecule has 1 heterocycles. The van der Waals surface area contributed by atoms with Gasteiger partial charge in [0.25, 0.3) is 15.9 Å². The average molecular weight is 603 g/mol. The Balaban J connectivity index is 1.55. The lowest BCUT2D eigenvalue weighted by atomic mass is 10.2. The van der Waals surface area contributed by atoms with Crippen LogP contribution in [0.3, 0.4) is 0 Å². The zero-order valence-electron chi connectivity index (χ0n) is 20.3. The SMILES string of the molecule is COc1ccc(N(CC(=O)N/N=C\c2cc3c(cc2Br)OCO3)S(=O)(=O)c2ccc(NC(C)=O)cc2)cc1. The number of amides is 2. The number of hydrogen-bond donors (Lipinski definition) is 2. The molecule has 0 saturated heterocycles. The number of carbonyl (C=O) groups is 2. The number of hydrogen-bond acceptors (Lipinski definition) is 8. The molecule has 3 aromatic rings. The summed E-state index contributed by atoms with van der Waals surface area (Å²) < 4.78 is 44.6. The van der Waals surface area contributed by atoms with Crippen molar-refractivity contribution >= 4 is 55.4 Å². The third-order valence-corrected chi connectivity index (χ3v) is 7.77. The Bertz CT molecular complexity index is 1480. The Morgan fingerprint density at radius 3 is 2.37 bits per heavy atom. The van der Waals surface area contributed by atoms with E-state index in [1.807, 2.05) is 0 Å². The van der Waals surface area contributed by atoms with Crippen LogP contribution in [0.1, 0.15) is 12.5 Å². The summed E-state index contributed by atoms with van der Waals surface area (Å²) in [5, 5.41) is 6.55. The van der Waals surface area contributed by atoms with E-state index in [4.69, 9.17) is 14.2 Å². The summed E-state index contributed by atoms with van der Waals surface area (Å²) >= 11 is 3.41. The first-order valence-corrected chi connectivity index (χ1v) is 13.4.